The van der Waals surface area contributed by atoms with Crippen LogP contribution in [0.1, 0.15) is 44.9 Å². The van der Waals surface area contributed by atoms with Crippen LogP contribution in [-0.4, -0.2) is 32.4 Å². The Labute approximate surface area is 115 Å². The summed E-state index contributed by atoms with van der Waals surface area (Å²) in [5.41, 5.74) is 0. The summed E-state index contributed by atoms with van der Waals surface area (Å²) in [5.74, 6) is 1.87. The largest absolute Gasteiger partial charge is 0.369 e. The lowest BCUT2D eigenvalue weighted by atomic mass is 9.89. The van der Waals surface area contributed by atoms with Gasteiger partial charge in [0.1, 0.15) is 0 Å². The van der Waals surface area contributed by atoms with Gasteiger partial charge in [-0.2, -0.15) is 0 Å². The molecule has 1 saturated heterocycles. The van der Waals surface area contributed by atoms with Crippen molar-refractivity contribution in [2.45, 2.75) is 62.4 Å². The molecule has 0 unspecified atom stereocenters. The second-order valence-electron chi connectivity index (χ2n) is 6.87. The van der Waals surface area contributed by atoms with E-state index in [1.165, 1.54) is 19.3 Å². The molecule has 4 nitrogen and oxygen atoms in total. The number of epoxide rings is 1. The van der Waals surface area contributed by atoms with Gasteiger partial charge in [-0.15, -0.1) is 0 Å². The number of hydrogen-bond acceptors (Lipinski definition) is 3. The first-order valence-corrected chi connectivity index (χ1v) is 9.34. The minimum absolute atomic E-state index is 0.134. The Morgan fingerprint density at radius 2 is 1.84 bits per heavy atom. The molecular weight excluding hydrogens is 262 g/mol. The summed E-state index contributed by atoms with van der Waals surface area (Å²) in [5, 5.41) is -0.134. The zero-order chi connectivity index (χ0) is 13.0. The van der Waals surface area contributed by atoms with Gasteiger partial charge in [-0.25, -0.2) is 13.1 Å². The van der Waals surface area contributed by atoms with Crippen LogP contribution in [0.4, 0.5) is 0 Å². The molecule has 0 aromatic heterocycles. The second-order valence-corrected chi connectivity index (χ2v) is 8.92. The van der Waals surface area contributed by atoms with E-state index >= 15 is 0 Å². The number of ether oxygens (including phenoxy) is 1. The Balaban J connectivity index is 1.34. The van der Waals surface area contributed by atoms with Crippen LogP contribution in [0.15, 0.2) is 0 Å². The fourth-order valence-electron chi connectivity index (χ4n) is 4.68. The van der Waals surface area contributed by atoms with Crippen molar-refractivity contribution >= 4 is 10.0 Å². The number of hydrogen-bond donors (Lipinski definition) is 1. The highest BCUT2D eigenvalue weighted by atomic mass is 32.2. The van der Waals surface area contributed by atoms with Gasteiger partial charge in [-0.3, -0.25) is 0 Å². The van der Waals surface area contributed by atoms with Crippen molar-refractivity contribution in [1.29, 1.82) is 0 Å². The maximum Gasteiger partial charge on any atom is 0.214 e. The van der Waals surface area contributed by atoms with Crippen molar-refractivity contribution in [2.75, 3.05) is 6.54 Å². The lowest BCUT2D eigenvalue weighted by molar-refractivity contribution is 0.250. The summed E-state index contributed by atoms with van der Waals surface area (Å²) in [6, 6.07) is 0. The molecule has 1 heterocycles. The summed E-state index contributed by atoms with van der Waals surface area (Å²) < 4.78 is 33.1. The third kappa shape index (κ3) is 2.14. The van der Waals surface area contributed by atoms with Gasteiger partial charge in [0.2, 0.25) is 10.0 Å². The van der Waals surface area contributed by atoms with Crippen LogP contribution >= 0.6 is 0 Å². The van der Waals surface area contributed by atoms with Crippen molar-refractivity contribution in [3.8, 4) is 0 Å². The van der Waals surface area contributed by atoms with Crippen LogP contribution in [0.5, 0.6) is 0 Å². The van der Waals surface area contributed by atoms with E-state index in [2.05, 4.69) is 4.72 Å². The SMILES string of the molecule is O=S(=O)(NC[C@H]1C[C@@H]2C[C@H]1[C@H]1O[C@@H]21)C1CCCCC1. The molecule has 4 rings (SSSR count). The third-order valence-corrected chi connectivity index (χ3v) is 7.69. The Kier molecular flexibility index (Phi) is 2.94. The Morgan fingerprint density at radius 3 is 2.53 bits per heavy atom. The smallest absolute Gasteiger partial charge is 0.214 e. The van der Waals surface area contributed by atoms with Gasteiger partial charge in [-0.1, -0.05) is 19.3 Å². The van der Waals surface area contributed by atoms with E-state index in [4.69, 9.17) is 4.74 Å². The van der Waals surface area contributed by atoms with Gasteiger partial charge in [0.05, 0.1) is 17.5 Å². The maximum absolute atomic E-state index is 12.3. The first-order valence-electron chi connectivity index (χ1n) is 7.79. The van der Waals surface area contributed by atoms with Crippen LogP contribution in [0.3, 0.4) is 0 Å². The predicted molar refractivity (Wildman–Crippen MR) is 72.2 cm³/mol. The van der Waals surface area contributed by atoms with Gasteiger partial charge in [0.25, 0.3) is 0 Å². The van der Waals surface area contributed by atoms with Crippen molar-refractivity contribution in [1.82, 2.24) is 4.72 Å². The molecule has 5 heteroatoms. The van der Waals surface area contributed by atoms with Crippen molar-refractivity contribution in [3.05, 3.63) is 0 Å². The molecular formula is C14H23NO3S. The molecule has 2 bridgehead atoms. The summed E-state index contributed by atoms with van der Waals surface area (Å²) in [6.07, 6.45) is 8.47. The van der Waals surface area contributed by atoms with E-state index in [9.17, 15) is 8.42 Å². The van der Waals surface area contributed by atoms with E-state index in [1.807, 2.05) is 0 Å². The number of rotatable bonds is 4. The first-order chi connectivity index (χ1) is 9.15. The highest BCUT2D eigenvalue weighted by Gasteiger charge is 2.62. The average molecular weight is 285 g/mol. The monoisotopic (exact) mass is 285 g/mol. The van der Waals surface area contributed by atoms with E-state index < -0.39 is 10.0 Å². The molecule has 4 aliphatic rings. The molecule has 3 aliphatic carbocycles. The molecule has 0 spiro atoms. The fourth-order valence-corrected chi connectivity index (χ4v) is 6.32. The van der Waals surface area contributed by atoms with Crippen LogP contribution < -0.4 is 4.72 Å². The van der Waals surface area contributed by atoms with Gasteiger partial charge in [-0.05, 0) is 43.4 Å². The van der Waals surface area contributed by atoms with E-state index in [-0.39, 0.29) is 5.25 Å². The highest BCUT2D eigenvalue weighted by Crippen LogP contribution is 2.58. The van der Waals surface area contributed by atoms with Crippen molar-refractivity contribution in [2.24, 2.45) is 17.8 Å². The fraction of sp³-hybridized carbons (Fsp3) is 1.00. The van der Waals surface area contributed by atoms with E-state index in [0.29, 0.717) is 30.6 Å². The number of sulfonamides is 1. The summed E-state index contributed by atoms with van der Waals surface area (Å²) >= 11 is 0. The van der Waals surface area contributed by atoms with Gasteiger partial charge in [0.15, 0.2) is 0 Å². The zero-order valence-electron chi connectivity index (χ0n) is 11.3. The van der Waals surface area contributed by atoms with Crippen LogP contribution in [0.25, 0.3) is 0 Å². The van der Waals surface area contributed by atoms with E-state index in [1.54, 1.807) is 0 Å². The Hall–Kier alpha value is -0.130. The van der Waals surface area contributed by atoms with Gasteiger partial charge >= 0.3 is 0 Å². The maximum atomic E-state index is 12.3. The molecule has 19 heavy (non-hydrogen) atoms. The molecule has 0 aromatic rings. The summed E-state index contributed by atoms with van der Waals surface area (Å²) in [4.78, 5) is 0. The molecule has 0 radical (unpaired) electrons. The number of fused-ring (bicyclic) bond motifs is 5. The molecule has 3 saturated carbocycles. The highest BCUT2D eigenvalue weighted by molar-refractivity contribution is 7.90. The third-order valence-electron chi connectivity index (χ3n) is 5.77. The molecule has 1 N–H and O–H groups in total. The quantitative estimate of drug-likeness (QED) is 0.799. The molecule has 1 aliphatic heterocycles. The van der Waals surface area contributed by atoms with Crippen LogP contribution in [-0.2, 0) is 14.8 Å². The molecule has 0 amide bonds. The molecule has 4 fully saturated rings. The minimum Gasteiger partial charge on any atom is -0.369 e. The van der Waals surface area contributed by atoms with E-state index in [0.717, 1.165) is 31.6 Å². The van der Waals surface area contributed by atoms with Crippen molar-refractivity contribution < 1.29 is 13.2 Å². The second kappa shape index (κ2) is 4.43. The van der Waals surface area contributed by atoms with Crippen LogP contribution in [0.2, 0.25) is 0 Å². The number of nitrogens with one attached hydrogen (secondary N) is 1. The molecule has 108 valence electrons. The average Bonchev–Trinajstić information content (AvgIpc) is 3.04. The molecule has 0 aromatic carbocycles. The normalized spacial score (nSPS) is 45.4. The van der Waals surface area contributed by atoms with Gasteiger partial charge in [0, 0.05) is 6.54 Å². The van der Waals surface area contributed by atoms with Crippen LogP contribution in [0, 0.1) is 17.8 Å². The Bertz CT molecular complexity index is 457. The lowest BCUT2D eigenvalue weighted by Crippen LogP contribution is -2.39. The zero-order valence-corrected chi connectivity index (χ0v) is 12.1. The van der Waals surface area contributed by atoms with Gasteiger partial charge < -0.3 is 4.74 Å². The topological polar surface area (TPSA) is 58.7 Å². The summed E-state index contributed by atoms with van der Waals surface area (Å²) in [7, 11) is -3.08. The molecule has 5 atom stereocenters. The lowest BCUT2D eigenvalue weighted by Gasteiger charge is -2.24. The minimum atomic E-state index is -3.08. The van der Waals surface area contributed by atoms with Crippen molar-refractivity contribution in [3.63, 3.8) is 0 Å². The predicted octanol–water partition coefficient (Wildman–Crippen LogP) is 1.66. The standard InChI is InChI=1S/C14H23NO3S/c16-19(17,11-4-2-1-3-5-11)15-8-10-6-9-7-12(10)14-13(9)18-14/h9-15H,1-8H2/t9-,10-,12-,13+,14-/m1/s1. The Morgan fingerprint density at radius 1 is 1.05 bits per heavy atom. The first kappa shape index (κ1) is 12.6. The summed E-state index contributed by atoms with van der Waals surface area (Å²) in [6.45, 7) is 0.645.